The smallest absolute Gasteiger partial charge is 0.276 e. The highest BCUT2D eigenvalue weighted by Crippen LogP contribution is 2.31. The lowest BCUT2D eigenvalue weighted by Crippen LogP contribution is -2.45. The van der Waals surface area contributed by atoms with Gasteiger partial charge < -0.3 is 19.6 Å². The van der Waals surface area contributed by atoms with Crippen LogP contribution in [0.4, 0.5) is 5.69 Å². The molecule has 7 nitrogen and oxygen atoms in total. The Morgan fingerprint density at radius 1 is 1.06 bits per heavy atom. The molecule has 2 bridgehead atoms. The van der Waals surface area contributed by atoms with E-state index in [1.807, 2.05) is 36.9 Å². The molecule has 1 aromatic heterocycles. The summed E-state index contributed by atoms with van der Waals surface area (Å²) in [6.07, 6.45) is 3.32. The zero-order valence-corrected chi connectivity index (χ0v) is 21.6. The van der Waals surface area contributed by atoms with Crippen LogP contribution in [0.3, 0.4) is 0 Å². The van der Waals surface area contributed by atoms with Gasteiger partial charge in [-0.2, -0.15) is 0 Å². The van der Waals surface area contributed by atoms with Crippen LogP contribution in [0.2, 0.25) is 0 Å². The monoisotopic (exact) mass is 487 g/mol. The van der Waals surface area contributed by atoms with E-state index in [2.05, 4.69) is 63.9 Å². The Labute approximate surface area is 214 Å². The van der Waals surface area contributed by atoms with Crippen molar-refractivity contribution in [2.45, 2.75) is 57.9 Å². The maximum atomic E-state index is 14.1. The number of carbonyl (C=O) groups is 1. The Kier molecular flexibility index (Phi) is 7.39. The largest absolute Gasteiger partial charge is 0.385 e. The summed E-state index contributed by atoms with van der Waals surface area (Å²) in [5, 5.41) is 7.90. The second kappa shape index (κ2) is 10.8. The highest BCUT2D eigenvalue weighted by atomic mass is 16.5. The van der Waals surface area contributed by atoms with Crippen molar-refractivity contribution < 1.29 is 9.32 Å². The minimum atomic E-state index is -0.0548. The summed E-state index contributed by atoms with van der Waals surface area (Å²) >= 11 is 0. The fraction of sp³-hybridized carbons (Fsp3) is 0.448. The number of benzene rings is 2. The Morgan fingerprint density at radius 3 is 2.61 bits per heavy atom. The fourth-order valence-electron chi connectivity index (χ4n) is 5.67. The average molecular weight is 488 g/mol. The molecule has 2 aromatic carbocycles. The van der Waals surface area contributed by atoms with Crippen molar-refractivity contribution in [3.63, 3.8) is 0 Å². The zero-order valence-electron chi connectivity index (χ0n) is 21.6. The van der Waals surface area contributed by atoms with Gasteiger partial charge in [0.25, 0.3) is 5.91 Å². The molecule has 2 aliphatic heterocycles. The zero-order chi connectivity index (χ0) is 25.1. The Bertz CT molecular complexity index is 1180. The van der Waals surface area contributed by atoms with Crippen LogP contribution in [0, 0.1) is 6.92 Å². The number of amides is 1. The summed E-state index contributed by atoms with van der Waals surface area (Å²) in [6.45, 7) is 5.54. The van der Waals surface area contributed by atoms with Gasteiger partial charge in [-0.25, -0.2) is 0 Å². The van der Waals surface area contributed by atoms with Gasteiger partial charge in [0.15, 0.2) is 5.69 Å². The minimum Gasteiger partial charge on any atom is -0.385 e. The molecule has 0 radical (unpaired) electrons. The molecular formula is C29H37N5O2. The van der Waals surface area contributed by atoms with Gasteiger partial charge in [0.1, 0.15) is 5.76 Å². The number of rotatable bonds is 5. The predicted molar refractivity (Wildman–Crippen MR) is 142 cm³/mol. The number of hydrogen-bond acceptors (Lipinski definition) is 6. The first kappa shape index (κ1) is 24.5. The average Bonchev–Trinajstić information content (AvgIpc) is 3.41. The topological polar surface area (TPSA) is 64.9 Å². The van der Waals surface area contributed by atoms with Crippen LogP contribution in [0.1, 0.15) is 52.2 Å². The summed E-state index contributed by atoms with van der Waals surface area (Å²) in [5.74, 6) is 0.652. The summed E-state index contributed by atoms with van der Waals surface area (Å²) in [5.41, 5.74) is 4.86. The van der Waals surface area contributed by atoms with Gasteiger partial charge in [0.2, 0.25) is 0 Å². The van der Waals surface area contributed by atoms with Gasteiger partial charge in [0, 0.05) is 56.1 Å². The second-order valence-electron chi connectivity index (χ2n) is 10.4. The van der Waals surface area contributed by atoms with Crippen molar-refractivity contribution in [2.24, 2.45) is 0 Å². The van der Waals surface area contributed by atoms with Gasteiger partial charge in [-0.05, 0) is 57.5 Å². The third-order valence-electron chi connectivity index (χ3n) is 7.53. The number of carbonyl (C=O) groups excluding carboxylic acids is 1. The fourth-order valence-corrected chi connectivity index (χ4v) is 5.67. The van der Waals surface area contributed by atoms with E-state index in [-0.39, 0.29) is 5.91 Å². The summed E-state index contributed by atoms with van der Waals surface area (Å²) < 4.78 is 5.51. The number of nitrogens with zero attached hydrogens (tertiary/aromatic N) is 4. The molecule has 2 aliphatic rings. The third kappa shape index (κ3) is 5.32. The summed E-state index contributed by atoms with van der Waals surface area (Å²) in [4.78, 5) is 20.7. The number of para-hydroxylation sites is 1. The highest BCUT2D eigenvalue weighted by Gasteiger charge is 2.36. The maximum Gasteiger partial charge on any atom is 0.276 e. The molecule has 1 N–H and O–H groups in total. The number of nitrogens with one attached hydrogen (secondary N) is 1. The lowest BCUT2D eigenvalue weighted by molar-refractivity contribution is 0.0652. The van der Waals surface area contributed by atoms with Crippen LogP contribution < -0.4 is 5.32 Å². The Hall–Kier alpha value is -3.16. The first-order chi connectivity index (χ1) is 17.5. The molecule has 3 aromatic rings. The van der Waals surface area contributed by atoms with E-state index in [0.717, 1.165) is 49.2 Å². The van der Waals surface area contributed by atoms with Gasteiger partial charge in [-0.1, -0.05) is 53.7 Å². The van der Waals surface area contributed by atoms with Crippen LogP contribution in [0.5, 0.6) is 0 Å². The van der Waals surface area contributed by atoms with Gasteiger partial charge >= 0.3 is 0 Å². The van der Waals surface area contributed by atoms with Crippen LogP contribution in [-0.4, -0.2) is 65.0 Å². The molecule has 190 valence electrons. The van der Waals surface area contributed by atoms with Crippen LogP contribution in [0.15, 0.2) is 59.1 Å². The van der Waals surface area contributed by atoms with Crippen molar-refractivity contribution >= 4 is 11.6 Å². The Morgan fingerprint density at radius 2 is 1.81 bits per heavy atom. The molecular weight excluding hydrogens is 450 g/mol. The molecule has 5 rings (SSSR count). The van der Waals surface area contributed by atoms with Crippen molar-refractivity contribution in [1.29, 1.82) is 0 Å². The molecule has 1 fully saturated rings. The van der Waals surface area contributed by atoms with E-state index < -0.39 is 0 Å². The van der Waals surface area contributed by atoms with E-state index >= 15 is 0 Å². The normalized spacial score (nSPS) is 20.6. The van der Waals surface area contributed by atoms with Crippen LogP contribution in [0.25, 0.3) is 0 Å². The first-order valence-electron chi connectivity index (χ1n) is 13.0. The minimum absolute atomic E-state index is 0.0548. The highest BCUT2D eigenvalue weighted by molar-refractivity contribution is 5.94. The first-order valence-corrected chi connectivity index (χ1v) is 13.0. The lowest BCUT2D eigenvalue weighted by Gasteiger charge is -2.33. The van der Waals surface area contributed by atoms with Crippen molar-refractivity contribution in [3.8, 4) is 0 Å². The van der Waals surface area contributed by atoms with E-state index in [1.165, 1.54) is 5.56 Å². The molecule has 0 unspecified atom stereocenters. The van der Waals surface area contributed by atoms with E-state index in [1.54, 1.807) is 0 Å². The Balaban J connectivity index is 1.49. The molecule has 1 saturated heterocycles. The van der Waals surface area contributed by atoms with Gasteiger partial charge in [-0.15, -0.1) is 0 Å². The molecule has 1 amide bonds. The van der Waals surface area contributed by atoms with E-state index in [9.17, 15) is 4.79 Å². The SMILES string of the molecule is Cc1onc(C(=O)N2Cc3ccccc3NCC[C@@H]3CC[C@H](C2)N3Cc2ccccc2)c1CN(C)C. The molecule has 0 spiro atoms. The van der Waals surface area contributed by atoms with Crippen LogP contribution in [-0.2, 0) is 19.6 Å². The summed E-state index contributed by atoms with van der Waals surface area (Å²) in [6, 6.07) is 19.8. The second-order valence-corrected chi connectivity index (χ2v) is 10.4. The van der Waals surface area contributed by atoms with Crippen molar-refractivity contribution in [3.05, 3.63) is 82.7 Å². The number of hydrogen-bond donors (Lipinski definition) is 1. The molecule has 3 heterocycles. The third-order valence-corrected chi connectivity index (χ3v) is 7.53. The number of fused-ring (bicyclic) bond motifs is 3. The molecule has 7 heteroatoms. The molecule has 0 saturated carbocycles. The van der Waals surface area contributed by atoms with Gasteiger partial charge in [0.05, 0.1) is 0 Å². The molecule has 2 atom stereocenters. The van der Waals surface area contributed by atoms with Crippen LogP contribution >= 0.6 is 0 Å². The molecule has 0 aliphatic carbocycles. The number of aryl methyl sites for hydroxylation is 1. The van der Waals surface area contributed by atoms with E-state index in [4.69, 9.17) is 4.52 Å². The maximum absolute atomic E-state index is 14.1. The van der Waals surface area contributed by atoms with Crippen molar-refractivity contribution in [2.75, 3.05) is 32.5 Å². The lowest BCUT2D eigenvalue weighted by atomic mass is 10.1. The standard InChI is InChI=1S/C29H37N5O2/c1-21-26(20-32(2)3)28(31-36-21)29(35)33-18-23-11-7-8-12-27(23)30-16-15-24-13-14-25(19-33)34(24)17-22-9-5-4-6-10-22/h4-12,24-25,30H,13-20H2,1-3H3/t24-,25+/m0/s1. The quantitative estimate of drug-likeness (QED) is 0.570. The van der Waals surface area contributed by atoms with E-state index in [0.29, 0.717) is 43.2 Å². The summed E-state index contributed by atoms with van der Waals surface area (Å²) in [7, 11) is 3.99. The molecule has 36 heavy (non-hydrogen) atoms. The number of anilines is 1. The number of aromatic nitrogens is 1. The van der Waals surface area contributed by atoms with Crippen molar-refractivity contribution in [1.82, 2.24) is 19.9 Å². The van der Waals surface area contributed by atoms with Gasteiger partial charge in [-0.3, -0.25) is 9.69 Å². The predicted octanol–water partition coefficient (Wildman–Crippen LogP) is 4.54.